The molecule has 0 amide bonds. The molecule has 0 fully saturated rings. The summed E-state index contributed by atoms with van der Waals surface area (Å²) in [7, 11) is 1.88. The Bertz CT molecular complexity index is 260. The topological polar surface area (TPSA) is 37.8 Å². The van der Waals surface area contributed by atoms with Gasteiger partial charge in [0.25, 0.3) is 0 Å². The van der Waals surface area contributed by atoms with E-state index in [4.69, 9.17) is 0 Å². The van der Waals surface area contributed by atoms with E-state index in [2.05, 4.69) is 29.4 Å². The molecule has 3 nitrogen and oxygen atoms in total. The van der Waals surface area contributed by atoms with Gasteiger partial charge in [0.05, 0.1) is 0 Å². The monoisotopic (exact) mass is 213 g/mol. The Hall–Kier alpha value is -0.640. The highest BCUT2D eigenvalue weighted by atomic mass is 32.1. The second-order valence-electron chi connectivity index (χ2n) is 3.59. The van der Waals surface area contributed by atoms with E-state index in [0.29, 0.717) is 5.92 Å². The maximum Gasteiger partial charge on any atom is 0.205 e. The second kappa shape index (κ2) is 5.96. The van der Waals surface area contributed by atoms with Gasteiger partial charge in [-0.15, -0.1) is 10.2 Å². The van der Waals surface area contributed by atoms with Gasteiger partial charge in [0.15, 0.2) is 0 Å². The average Bonchev–Trinajstić information content (AvgIpc) is 2.66. The molecule has 1 heterocycles. The highest BCUT2D eigenvalue weighted by Crippen LogP contribution is 2.26. The van der Waals surface area contributed by atoms with Crippen LogP contribution in [0.5, 0.6) is 0 Å². The molecule has 0 spiro atoms. The Morgan fingerprint density at radius 3 is 2.71 bits per heavy atom. The Balaban J connectivity index is 2.39. The van der Waals surface area contributed by atoms with Gasteiger partial charge in [0, 0.05) is 13.0 Å². The number of hydrogen-bond acceptors (Lipinski definition) is 4. The van der Waals surface area contributed by atoms with Gasteiger partial charge in [-0.1, -0.05) is 44.4 Å². The van der Waals surface area contributed by atoms with E-state index in [0.717, 1.165) is 10.1 Å². The predicted molar refractivity (Wildman–Crippen MR) is 62.0 cm³/mol. The van der Waals surface area contributed by atoms with Crippen molar-refractivity contribution in [3.63, 3.8) is 0 Å². The van der Waals surface area contributed by atoms with E-state index >= 15 is 0 Å². The van der Waals surface area contributed by atoms with Crippen LogP contribution in [0.25, 0.3) is 0 Å². The number of rotatable bonds is 6. The van der Waals surface area contributed by atoms with E-state index in [1.54, 1.807) is 11.3 Å². The molecule has 1 unspecified atom stereocenters. The molecule has 1 atom stereocenters. The Kier molecular flexibility index (Phi) is 4.87. The zero-order valence-electron chi connectivity index (χ0n) is 9.21. The zero-order chi connectivity index (χ0) is 10.4. The number of aromatic nitrogens is 2. The molecule has 0 aromatic carbocycles. The summed E-state index contributed by atoms with van der Waals surface area (Å²) in [5.74, 6) is 0.557. The van der Waals surface area contributed by atoms with Gasteiger partial charge in [0.1, 0.15) is 5.01 Å². The van der Waals surface area contributed by atoms with Crippen LogP contribution in [0.4, 0.5) is 5.13 Å². The quantitative estimate of drug-likeness (QED) is 0.737. The van der Waals surface area contributed by atoms with E-state index in [1.807, 2.05) is 7.05 Å². The summed E-state index contributed by atoms with van der Waals surface area (Å²) in [6.07, 6.45) is 5.13. The SMILES string of the molecule is CCCCCC(C)c1nnc(NC)s1. The molecule has 0 saturated heterocycles. The predicted octanol–water partition coefficient (Wildman–Crippen LogP) is 3.26. The van der Waals surface area contributed by atoms with Crippen LogP contribution in [-0.2, 0) is 0 Å². The average molecular weight is 213 g/mol. The second-order valence-corrected chi connectivity index (χ2v) is 4.60. The lowest BCUT2D eigenvalue weighted by atomic mass is 10.0. The minimum atomic E-state index is 0.557. The molecule has 4 heteroatoms. The number of nitrogens with one attached hydrogen (secondary N) is 1. The number of nitrogens with zero attached hydrogens (tertiary/aromatic N) is 2. The van der Waals surface area contributed by atoms with Crippen LogP contribution in [0, 0.1) is 0 Å². The molecular weight excluding hydrogens is 194 g/mol. The number of hydrogen-bond donors (Lipinski definition) is 1. The molecule has 0 aliphatic heterocycles. The van der Waals surface area contributed by atoms with Crippen LogP contribution < -0.4 is 5.32 Å². The first-order valence-electron chi connectivity index (χ1n) is 5.29. The fraction of sp³-hybridized carbons (Fsp3) is 0.800. The summed E-state index contributed by atoms with van der Waals surface area (Å²) >= 11 is 1.67. The first kappa shape index (κ1) is 11.4. The lowest BCUT2D eigenvalue weighted by Crippen LogP contribution is -1.92. The molecule has 0 aliphatic rings. The standard InChI is InChI=1S/C10H19N3S/c1-4-5-6-7-8(2)9-12-13-10(11-3)14-9/h8H,4-7H2,1-3H3,(H,11,13). The smallest absolute Gasteiger partial charge is 0.205 e. The van der Waals surface area contributed by atoms with E-state index in [9.17, 15) is 0 Å². The molecule has 80 valence electrons. The largest absolute Gasteiger partial charge is 0.363 e. The molecule has 0 aliphatic carbocycles. The lowest BCUT2D eigenvalue weighted by Gasteiger charge is -2.05. The van der Waals surface area contributed by atoms with Gasteiger partial charge in [-0.3, -0.25) is 0 Å². The first-order valence-corrected chi connectivity index (χ1v) is 6.10. The van der Waals surface area contributed by atoms with Crippen molar-refractivity contribution in [2.24, 2.45) is 0 Å². The maximum absolute atomic E-state index is 4.17. The zero-order valence-corrected chi connectivity index (χ0v) is 10.0. The molecule has 1 aromatic heterocycles. The van der Waals surface area contributed by atoms with Gasteiger partial charge in [-0.2, -0.15) is 0 Å². The lowest BCUT2D eigenvalue weighted by molar-refractivity contribution is 0.592. The molecule has 14 heavy (non-hydrogen) atoms. The van der Waals surface area contributed by atoms with Crippen molar-refractivity contribution in [1.82, 2.24) is 10.2 Å². The summed E-state index contributed by atoms with van der Waals surface area (Å²) in [5, 5.41) is 13.3. The summed E-state index contributed by atoms with van der Waals surface area (Å²) in [5.41, 5.74) is 0. The molecule has 0 radical (unpaired) electrons. The highest BCUT2D eigenvalue weighted by Gasteiger charge is 2.10. The van der Waals surface area contributed by atoms with E-state index < -0.39 is 0 Å². The maximum atomic E-state index is 4.17. The summed E-state index contributed by atoms with van der Waals surface area (Å²) in [4.78, 5) is 0. The third-order valence-corrected chi connectivity index (χ3v) is 3.49. The summed E-state index contributed by atoms with van der Waals surface area (Å²) in [6.45, 7) is 4.46. The van der Waals surface area contributed by atoms with Crippen molar-refractivity contribution in [2.45, 2.75) is 45.4 Å². The Morgan fingerprint density at radius 1 is 1.36 bits per heavy atom. The van der Waals surface area contributed by atoms with Crippen molar-refractivity contribution >= 4 is 16.5 Å². The third-order valence-electron chi connectivity index (χ3n) is 2.32. The van der Waals surface area contributed by atoms with Crippen molar-refractivity contribution < 1.29 is 0 Å². The Morgan fingerprint density at radius 2 is 2.14 bits per heavy atom. The first-order chi connectivity index (χ1) is 6.77. The van der Waals surface area contributed by atoms with Crippen LogP contribution >= 0.6 is 11.3 Å². The molecule has 1 N–H and O–H groups in total. The minimum Gasteiger partial charge on any atom is -0.363 e. The normalized spacial score (nSPS) is 12.8. The fourth-order valence-electron chi connectivity index (χ4n) is 1.36. The van der Waals surface area contributed by atoms with Crippen molar-refractivity contribution in [1.29, 1.82) is 0 Å². The van der Waals surface area contributed by atoms with Crippen LogP contribution in [-0.4, -0.2) is 17.2 Å². The number of anilines is 1. The minimum absolute atomic E-state index is 0.557. The third kappa shape index (κ3) is 3.25. The Labute approximate surface area is 89.9 Å². The van der Waals surface area contributed by atoms with Crippen molar-refractivity contribution in [3.05, 3.63) is 5.01 Å². The van der Waals surface area contributed by atoms with Gasteiger partial charge in [0.2, 0.25) is 5.13 Å². The van der Waals surface area contributed by atoms with Gasteiger partial charge >= 0.3 is 0 Å². The van der Waals surface area contributed by atoms with E-state index in [1.165, 1.54) is 25.7 Å². The molecule has 0 saturated carbocycles. The van der Waals surface area contributed by atoms with Gasteiger partial charge in [-0.25, -0.2) is 0 Å². The van der Waals surface area contributed by atoms with Crippen LogP contribution in [0.3, 0.4) is 0 Å². The van der Waals surface area contributed by atoms with Gasteiger partial charge in [-0.05, 0) is 6.42 Å². The molecule has 1 rings (SSSR count). The molecular formula is C10H19N3S. The summed E-state index contributed by atoms with van der Waals surface area (Å²) < 4.78 is 0. The van der Waals surface area contributed by atoms with Crippen LogP contribution in [0.15, 0.2) is 0 Å². The van der Waals surface area contributed by atoms with Crippen LogP contribution in [0.2, 0.25) is 0 Å². The van der Waals surface area contributed by atoms with Crippen molar-refractivity contribution in [3.8, 4) is 0 Å². The number of unbranched alkanes of at least 4 members (excludes halogenated alkanes) is 2. The highest BCUT2D eigenvalue weighted by molar-refractivity contribution is 7.15. The van der Waals surface area contributed by atoms with E-state index in [-0.39, 0.29) is 0 Å². The summed E-state index contributed by atoms with van der Waals surface area (Å²) in [6, 6.07) is 0. The van der Waals surface area contributed by atoms with Crippen molar-refractivity contribution in [2.75, 3.05) is 12.4 Å². The van der Waals surface area contributed by atoms with Gasteiger partial charge < -0.3 is 5.32 Å². The fourth-order valence-corrected chi connectivity index (χ4v) is 2.14. The van der Waals surface area contributed by atoms with Crippen LogP contribution in [0.1, 0.15) is 50.5 Å². The molecule has 1 aromatic rings. The molecule has 0 bridgehead atoms.